The topological polar surface area (TPSA) is 17.1 Å². The van der Waals surface area contributed by atoms with Gasteiger partial charge in [-0.05, 0) is 18.8 Å². The zero-order chi connectivity index (χ0) is 8.60. The van der Waals surface area contributed by atoms with Crippen LogP contribution in [0.2, 0.25) is 0 Å². The number of Topliss-reactive ketones (excluding diaryl/α,β-unsaturated/α-hetero) is 1. The van der Waals surface area contributed by atoms with Gasteiger partial charge in [-0.25, -0.2) is 0 Å². The Hall–Kier alpha value is -0.850. The Morgan fingerprint density at radius 1 is 1.50 bits per heavy atom. The SMILES string of the molecule is C[C@@H]1CCC(=O)[C@]12C=CC=CC2. The van der Waals surface area contributed by atoms with Crippen LogP contribution in [0.4, 0.5) is 0 Å². The smallest absolute Gasteiger partial charge is 0.143 e. The maximum Gasteiger partial charge on any atom is 0.143 e. The second-order valence-corrected chi connectivity index (χ2v) is 3.89. The molecule has 2 aliphatic rings. The van der Waals surface area contributed by atoms with Crippen molar-refractivity contribution in [2.45, 2.75) is 26.2 Å². The quantitative estimate of drug-likeness (QED) is 0.535. The second kappa shape index (κ2) is 2.58. The summed E-state index contributed by atoms with van der Waals surface area (Å²) in [6.07, 6.45) is 11.0. The van der Waals surface area contributed by atoms with Crippen LogP contribution in [0.25, 0.3) is 0 Å². The molecule has 0 aliphatic heterocycles. The summed E-state index contributed by atoms with van der Waals surface area (Å²) in [5.74, 6) is 0.974. The van der Waals surface area contributed by atoms with E-state index in [1.54, 1.807) is 0 Å². The summed E-state index contributed by atoms with van der Waals surface area (Å²) in [4.78, 5) is 11.7. The monoisotopic (exact) mass is 162 g/mol. The highest BCUT2D eigenvalue weighted by atomic mass is 16.1. The molecule has 0 amide bonds. The number of hydrogen-bond acceptors (Lipinski definition) is 1. The minimum absolute atomic E-state index is 0.116. The second-order valence-electron chi connectivity index (χ2n) is 3.89. The molecule has 12 heavy (non-hydrogen) atoms. The molecule has 1 spiro atoms. The molecular formula is C11H14O. The van der Waals surface area contributed by atoms with Crippen LogP contribution in [0, 0.1) is 11.3 Å². The molecule has 0 N–H and O–H groups in total. The Morgan fingerprint density at radius 3 is 2.83 bits per heavy atom. The van der Waals surface area contributed by atoms with E-state index in [0.29, 0.717) is 11.7 Å². The van der Waals surface area contributed by atoms with E-state index in [2.05, 4.69) is 19.1 Å². The van der Waals surface area contributed by atoms with Crippen LogP contribution in [0.1, 0.15) is 26.2 Å². The number of rotatable bonds is 0. The molecule has 0 aromatic carbocycles. The molecule has 64 valence electrons. The van der Waals surface area contributed by atoms with Crippen molar-refractivity contribution in [3.05, 3.63) is 24.3 Å². The molecule has 1 fully saturated rings. The third kappa shape index (κ3) is 0.889. The van der Waals surface area contributed by atoms with E-state index >= 15 is 0 Å². The van der Waals surface area contributed by atoms with Crippen LogP contribution in [0.3, 0.4) is 0 Å². The molecule has 0 unspecified atom stereocenters. The van der Waals surface area contributed by atoms with Gasteiger partial charge >= 0.3 is 0 Å². The number of hydrogen-bond donors (Lipinski definition) is 0. The Bertz CT molecular complexity index is 262. The summed E-state index contributed by atoms with van der Waals surface area (Å²) in [6, 6.07) is 0. The molecular weight excluding hydrogens is 148 g/mol. The molecule has 2 rings (SSSR count). The van der Waals surface area contributed by atoms with E-state index in [9.17, 15) is 4.79 Å². The highest BCUT2D eigenvalue weighted by molar-refractivity contribution is 5.89. The van der Waals surface area contributed by atoms with Gasteiger partial charge in [0.05, 0.1) is 5.41 Å². The summed E-state index contributed by atoms with van der Waals surface area (Å²) in [7, 11) is 0. The maximum atomic E-state index is 11.7. The van der Waals surface area contributed by atoms with Crippen molar-refractivity contribution in [1.29, 1.82) is 0 Å². The van der Waals surface area contributed by atoms with Gasteiger partial charge in [0.25, 0.3) is 0 Å². The fourth-order valence-corrected chi connectivity index (χ4v) is 2.32. The summed E-state index contributed by atoms with van der Waals surface area (Å²) < 4.78 is 0. The zero-order valence-electron chi connectivity index (χ0n) is 7.42. The average Bonchev–Trinajstić information content (AvgIpc) is 2.36. The lowest BCUT2D eigenvalue weighted by Crippen LogP contribution is -2.29. The Morgan fingerprint density at radius 2 is 2.33 bits per heavy atom. The molecule has 0 saturated heterocycles. The Balaban J connectivity index is 2.34. The van der Waals surface area contributed by atoms with E-state index in [-0.39, 0.29) is 5.41 Å². The van der Waals surface area contributed by atoms with Gasteiger partial charge < -0.3 is 0 Å². The largest absolute Gasteiger partial charge is 0.299 e. The predicted molar refractivity (Wildman–Crippen MR) is 48.7 cm³/mol. The number of ketones is 1. The van der Waals surface area contributed by atoms with Crippen molar-refractivity contribution >= 4 is 5.78 Å². The van der Waals surface area contributed by atoms with E-state index < -0.39 is 0 Å². The van der Waals surface area contributed by atoms with Crippen LogP contribution in [-0.4, -0.2) is 5.78 Å². The fraction of sp³-hybridized carbons (Fsp3) is 0.545. The predicted octanol–water partition coefficient (Wildman–Crippen LogP) is 2.49. The highest BCUT2D eigenvalue weighted by Gasteiger charge is 2.44. The molecule has 1 saturated carbocycles. The van der Waals surface area contributed by atoms with Crippen molar-refractivity contribution in [3.8, 4) is 0 Å². The van der Waals surface area contributed by atoms with Crippen LogP contribution >= 0.6 is 0 Å². The summed E-state index contributed by atoms with van der Waals surface area (Å²) in [5, 5.41) is 0. The maximum absolute atomic E-state index is 11.7. The van der Waals surface area contributed by atoms with Gasteiger partial charge in [-0.15, -0.1) is 0 Å². The molecule has 0 radical (unpaired) electrons. The lowest BCUT2D eigenvalue weighted by atomic mass is 9.73. The van der Waals surface area contributed by atoms with E-state index in [1.807, 2.05) is 12.2 Å². The van der Waals surface area contributed by atoms with Crippen molar-refractivity contribution < 1.29 is 4.79 Å². The number of carbonyl (C=O) groups is 1. The van der Waals surface area contributed by atoms with Gasteiger partial charge in [0.2, 0.25) is 0 Å². The van der Waals surface area contributed by atoms with Crippen LogP contribution in [0.15, 0.2) is 24.3 Å². The molecule has 1 heteroatoms. The summed E-state index contributed by atoms with van der Waals surface area (Å²) in [6.45, 7) is 2.19. The molecule has 0 aromatic rings. The fourth-order valence-electron chi connectivity index (χ4n) is 2.32. The molecule has 0 heterocycles. The molecule has 2 atom stereocenters. The number of allylic oxidation sites excluding steroid dienone is 4. The first kappa shape index (κ1) is 7.78. The minimum atomic E-state index is -0.116. The van der Waals surface area contributed by atoms with E-state index in [1.165, 1.54) is 0 Å². The molecule has 0 bridgehead atoms. The van der Waals surface area contributed by atoms with Crippen molar-refractivity contribution in [2.24, 2.45) is 11.3 Å². The summed E-state index contributed by atoms with van der Waals surface area (Å²) in [5.41, 5.74) is -0.116. The van der Waals surface area contributed by atoms with Gasteiger partial charge in [0, 0.05) is 6.42 Å². The number of carbonyl (C=O) groups excluding carboxylic acids is 1. The first-order chi connectivity index (χ1) is 5.76. The standard InChI is InChI=1S/C11H14O/c1-9-5-6-10(12)11(9)7-3-2-4-8-11/h2-4,7,9H,5-6,8H2,1H3/t9-,11+/m1/s1. The highest BCUT2D eigenvalue weighted by Crippen LogP contribution is 2.45. The molecule has 0 aromatic heterocycles. The van der Waals surface area contributed by atoms with Gasteiger partial charge in [0.15, 0.2) is 0 Å². The van der Waals surface area contributed by atoms with Gasteiger partial charge in [-0.3, -0.25) is 4.79 Å². The first-order valence-corrected chi connectivity index (χ1v) is 4.63. The van der Waals surface area contributed by atoms with E-state index in [0.717, 1.165) is 19.3 Å². The van der Waals surface area contributed by atoms with Gasteiger partial charge in [-0.1, -0.05) is 31.2 Å². The minimum Gasteiger partial charge on any atom is -0.299 e. The Labute approximate surface area is 73.2 Å². The summed E-state index contributed by atoms with van der Waals surface area (Å²) >= 11 is 0. The average molecular weight is 162 g/mol. The van der Waals surface area contributed by atoms with E-state index in [4.69, 9.17) is 0 Å². The van der Waals surface area contributed by atoms with Crippen LogP contribution in [0.5, 0.6) is 0 Å². The molecule has 1 nitrogen and oxygen atoms in total. The first-order valence-electron chi connectivity index (χ1n) is 4.63. The lowest BCUT2D eigenvalue weighted by molar-refractivity contribution is -0.124. The van der Waals surface area contributed by atoms with Gasteiger partial charge in [0.1, 0.15) is 5.78 Å². The lowest BCUT2D eigenvalue weighted by Gasteiger charge is -2.28. The van der Waals surface area contributed by atoms with Crippen molar-refractivity contribution in [1.82, 2.24) is 0 Å². The van der Waals surface area contributed by atoms with Crippen LogP contribution < -0.4 is 0 Å². The van der Waals surface area contributed by atoms with Crippen molar-refractivity contribution in [3.63, 3.8) is 0 Å². The Kier molecular flexibility index (Phi) is 1.67. The zero-order valence-corrected chi connectivity index (χ0v) is 7.42. The third-order valence-electron chi connectivity index (χ3n) is 3.30. The third-order valence-corrected chi connectivity index (χ3v) is 3.30. The normalized spacial score (nSPS) is 39.8. The van der Waals surface area contributed by atoms with Crippen LogP contribution in [-0.2, 0) is 4.79 Å². The van der Waals surface area contributed by atoms with Crippen molar-refractivity contribution in [2.75, 3.05) is 0 Å². The molecule has 2 aliphatic carbocycles. The van der Waals surface area contributed by atoms with Gasteiger partial charge in [-0.2, -0.15) is 0 Å².